The summed E-state index contributed by atoms with van der Waals surface area (Å²) in [5, 5.41) is 5.36. The third-order valence-electron chi connectivity index (χ3n) is 3.86. The van der Waals surface area contributed by atoms with Crippen molar-refractivity contribution >= 4 is 11.6 Å². The van der Waals surface area contributed by atoms with Gasteiger partial charge in [0.25, 0.3) is 0 Å². The molecule has 0 radical (unpaired) electrons. The number of piperidine rings is 1. The average Bonchev–Trinajstić information content (AvgIpc) is 2.49. The normalized spacial score (nSPS) is 17.0. The van der Waals surface area contributed by atoms with E-state index in [-0.39, 0.29) is 6.54 Å². The van der Waals surface area contributed by atoms with Gasteiger partial charge < -0.3 is 10.6 Å². The molecule has 128 valence electrons. The molecule has 1 heterocycles. The van der Waals surface area contributed by atoms with Gasteiger partial charge >= 0.3 is 6.18 Å². The number of likely N-dealkylation sites (tertiary alicyclic amines) is 1. The van der Waals surface area contributed by atoms with Gasteiger partial charge in [0.05, 0.1) is 6.54 Å². The molecule has 1 amide bonds. The predicted octanol–water partition coefficient (Wildman–Crippen LogP) is 2.55. The molecule has 0 atom stereocenters. The summed E-state index contributed by atoms with van der Waals surface area (Å²) in [6, 6.07) is 8.48. The highest BCUT2D eigenvalue weighted by molar-refractivity contribution is 5.78. The van der Waals surface area contributed by atoms with Crippen LogP contribution in [0.1, 0.15) is 18.4 Å². The topological polar surface area (TPSA) is 44.4 Å². The number of aryl methyl sites for hydroxylation is 1. The van der Waals surface area contributed by atoms with Gasteiger partial charge in [-0.25, -0.2) is 0 Å². The molecule has 1 saturated heterocycles. The summed E-state index contributed by atoms with van der Waals surface area (Å²) >= 11 is 0. The van der Waals surface area contributed by atoms with Crippen LogP contribution in [0.3, 0.4) is 0 Å². The number of anilines is 1. The first kappa shape index (κ1) is 17.6. The Labute approximate surface area is 134 Å². The number of benzene rings is 1. The fraction of sp³-hybridized carbons (Fsp3) is 0.562. The third-order valence-corrected chi connectivity index (χ3v) is 3.86. The van der Waals surface area contributed by atoms with Crippen LogP contribution >= 0.6 is 0 Å². The number of amides is 1. The van der Waals surface area contributed by atoms with E-state index in [0.717, 1.165) is 18.5 Å². The Kier molecular flexibility index (Phi) is 5.87. The van der Waals surface area contributed by atoms with Gasteiger partial charge in [-0.05, 0) is 31.9 Å². The van der Waals surface area contributed by atoms with Gasteiger partial charge in [0, 0.05) is 24.8 Å². The second-order valence-corrected chi connectivity index (χ2v) is 5.95. The van der Waals surface area contributed by atoms with E-state index in [1.165, 1.54) is 5.56 Å². The lowest BCUT2D eigenvalue weighted by atomic mass is 10.0. The van der Waals surface area contributed by atoms with Gasteiger partial charge in [0.15, 0.2) is 0 Å². The summed E-state index contributed by atoms with van der Waals surface area (Å²) < 4.78 is 36.1. The van der Waals surface area contributed by atoms with Crippen LogP contribution < -0.4 is 10.6 Å². The molecule has 1 aromatic rings. The van der Waals surface area contributed by atoms with E-state index in [2.05, 4.69) is 5.32 Å². The molecule has 0 spiro atoms. The number of halogens is 3. The Bertz CT molecular complexity index is 508. The minimum absolute atomic E-state index is 0.0212. The molecule has 7 heteroatoms. The molecule has 0 bridgehead atoms. The van der Waals surface area contributed by atoms with E-state index in [1.54, 1.807) is 0 Å². The maximum Gasteiger partial charge on any atom is 0.405 e. The number of alkyl halides is 3. The Hall–Kier alpha value is -1.76. The van der Waals surface area contributed by atoms with Crippen LogP contribution in [0, 0.1) is 6.92 Å². The monoisotopic (exact) mass is 329 g/mol. The molecule has 2 rings (SSSR count). The molecular formula is C16H22F3N3O. The van der Waals surface area contributed by atoms with E-state index >= 15 is 0 Å². The van der Waals surface area contributed by atoms with Crippen LogP contribution in [0.25, 0.3) is 0 Å². The Morgan fingerprint density at radius 2 is 1.83 bits per heavy atom. The lowest BCUT2D eigenvalue weighted by molar-refractivity contribution is -0.139. The molecule has 23 heavy (non-hydrogen) atoms. The second-order valence-electron chi connectivity index (χ2n) is 5.95. The van der Waals surface area contributed by atoms with Gasteiger partial charge in [-0.15, -0.1) is 0 Å². The highest BCUT2D eigenvalue weighted by Crippen LogP contribution is 2.17. The van der Waals surface area contributed by atoms with Crippen molar-refractivity contribution < 1.29 is 18.0 Å². The van der Waals surface area contributed by atoms with Gasteiger partial charge in [-0.1, -0.05) is 17.7 Å². The zero-order valence-electron chi connectivity index (χ0n) is 13.1. The van der Waals surface area contributed by atoms with Crippen molar-refractivity contribution in [1.82, 2.24) is 10.2 Å². The van der Waals surface area contributed by atoms with Gasteiger partial charge in [-0.3, -0.25) is 9.69 Å². The van der Waals surface area contributed by atoms with E-state index in [4.69, 9.17) is 0 Å². The number of hydrogen-bond acceptors (Lipinski definition) is 3. The summed E-state index contributed by atoms with van der Waals surface area (Å²) in [5.41, 5.74) is 2.27. The summed E-state index contributed by atoms with van der Waals surface area (Å²) in [5.74, 6) is -0.577. The van der Waals surface area contributed by atoms with Crippen molar-refractivity contribution in [3.63, 3.8) is 0 Å². The molecule has 0 aromatic heterocycles. The molecule has 1 aromatic carbocycles. The van der Waals surface area contributed by atoms with E-state index < -0.39 is 18.6 Å². The highest BCUT2D eigenvalue weighted by Gasteiger charge is 2.28. The number of carbonyl (C=O) groups is 1. The maximum absolute atomic E-state index is 12.0. The summed E-state index contributed by atoms with van der Waals surface area (Å²) in [6.07, 6.45) is -2.64. The Morgan fingerprint density at radius 1 is 1.22 bits per heavy atom. The van der Waals surface area contributed by atoms with Gasteiger partial charge in [0.1, 0.15) is 6.54 Å². The van der Waals surface area contributed by atoms with Crippen molar-refractivity contribution in [1.29, 1.82) is 0 Å². The number of nitrogens with zero attached hydrogens (tertiary/aromatic N) is 1. The van der Waals surface area contributed by atoms with Crippen LogP contribution in [-0.4, -0.2) is 49.2 Å². The van der Waals surface area contributed by atoms with Crippen molar-refractivity contribution in [3.05, 3.63) is 29.8 Å². The fourth-order valence-electron chi connectivity index (χ4n) is 2.58. The second kappa shape index (κ2) is 7.68. The van der Waals surface area contributed by atoms with Crippen molar-refractivity contribution in [3.8, 4) is 0 Å². The summed E-state index contributed by atoms with van der Waals surface area (Å²) in [4.78, 5) is 13.4. The van der Waals surface area contributed by atoms with Crippen molar-refractivity contribution in [2.75, 3.05) is 31.5 Å². The standard InChI is InChI=1S/C16H22F3N3O/c1-12-2-4-13(5-3-12)21-14-6-8-22(9-7-14)10-15(23)20-11-16(17,18)19/h2-5,14,21H,6-11H2,1H3,(H,20,23). The summed E-state index contributed by atoms with van der Waals surface area (Å²) in [6.45, 7) is 2.18. The lowest BCUT2D eigenvalue weighted by Crippen LogP contribution is -2.45. The zero-order chi connectivity index (χ0) is 16.9. The number of rotatable bonds is 5. The SMILES string of the molecule is Cc1ccc(NC2CCN(CC(=O)NCC(F)(F)F)CC2)cc1. The zero-order valence-corrected chi connectivity index (χ0v) is 13.1. The first-order valence-electron chi connectivity index (χ1n) is 7.71. The van der Waals surface area contributed by atoms with Crippen LogP contribution in [0.4, 0.5) is 18.9 Å². The number of hydrogen-bond donors (Lipinski definition) is 2. The Morgan fingerprint density at radius 3 is 2.39 bits per heavy atom. The van der Waals surface area contributed by atoms with E-state index in [9.17, 15) is 18.0 Å². The molecular weight excluding hydrogens is 307 g/mol. The van der Waals surface area contributed by atoms with Crippen LogP contribution in [0.2, 0.25) is 0 Å². The Balaban J connectivity index is 1.69. The summed E-state index contributed by atoms with van der Waals surface area (Å²) in [7, 11) is 0. The van der Waals surface area contributed by atoms with Crippen LogP contribution in [-0.2, 0) is 4.79 Å². The minimum Gasteiger partial charge on any atom is -0.382 e. The smallest absolute Gasteiger partial charge is 0.382 e. The van der Waals surface area contributed by atoms with Gasteiger partial charge in [-0.2, -0.15) is 13.2 Å². The molecule has 4 nitrogen and oxygen atoms in total. The molecule has 2 N–H and O–H groups in total. The highest BCUT2D eigenvalue weighted by atomic mass is 19.4. The predicted molar refractivity (Wildman–Crippen MR) is 83.3 cm³/mol. The molecule has 1 aliphatic rings. The largest absolute Gasteiger partial charge is 0.405 e. The van der Waals surface area contributed by atoms with Crippen molar-refractivity contribution in [2.24, 2.45) is 0 Å². The molecule has 1 fully saturated rings. The van der Waals surface area contributed by atoms with Crippen LogP contribution in [0.15, 0.2) is 24.3 Å². The van der Waals surface area contributed by atoms with E-state index in [0.29, 0.717) is 19.1 Å². The number of nitrogens with one attached hydrogen (secondary N) is 2. The van der Waals surface area contributed by atoms with E-state index in [1.807, 2.05) is 41.4 Å². The fourth-order valence-corrected chi connectivity index (χ4v) is 2.58. The van der Waals surface area contributed by atoms with Crippen molar-refractivity contribution in [2.45, 2.75) is 32.0 Å². The first-order chi connectivity index (χ1) is 10.8. The maximum atomic E-state index is 12.0. The number of carbonyl (C=O) groups excluding carboxylic acids is 1. The average molecular weight is 329 g/mol. The minimum atomic E-state index is -4.36. The first-order valence-corrected chi connectivity index (χ1v) is 7.71. The lowest BCUT2D eigenvalue weighted by Gasteiger charge is -2.32. The molecule has 0 saturated carbocycles. The van der Waals surface area contributed by atoms with Crippen LogP contribution in [0.5, 0.6) is 0 Å². The molecule has 0 unspecified atom stereocenters. The quantitative estimate of drug-likeness (QED) is 0.873. The third kappa shape index (κ3) is 6.48. The van der Waals surface area contributed by atoms with Gasteiger partial charge in [0.2, 0.25) is 5.91 Å². The molecule has 1 aliphatic heterocycles. The molecule has 0 aliphatic carbocycles.